The predicted octanol–water partition coefficient (Wildman–Crippen LogP) is 1.39. The summed E-state index contributed by atoms with van der Waals surface area (Å²) in [6.07, 6.45) is 0.249. The third-order valence-corrected chi connectivity index (χ3v) is 2.34. The highest BCUT2D eigenvalue weighted by atomic mass is 19.1. The first-order valence-corrected chi connectivity index (χ1v) is 5.32. The van der Waals surface area contributed by atoms with Crippen LogP contribution in [0.5, 0.6) is 0 Å². The molecule has 0 heterocycles. The van der Waals surface area contributed by atoms with Gasteiger partial charge >= 0.3 is 5.97 Å². The van der Waals surface area contributed by atoms with Crippen molar-refractivity contribution in [2.24, 2.45) is 0 Å². The first-order valence-electron chi connectivity index (χ1n) is 5.32. The summed E-state index contributed by atoms with van der Waals surface area (Å²) in [5.41, 5.74) is 0.421. The zero-order valence-electron chi connectivity index (χ0n) is 9.30. The van der Waals surface area contributed by atoms with Gasteiger partial charge < -0.3 is 14.9 Å². The zero-order chi connectivity index (χ0) is 12.7. The lowest BCUT2D eigenvalue weighted by Crippen LogP contribution is -2.15. The number of halogens is 1. The average molecular weight is 242 g/mol. The van der Waals surface area contributed by atoms with Crippen LogP contribution < -0.4 is 0 Å². The van der Waals surface area contributed by atoms with Crippen LogP contribution in [0, 0.1) is 5.82 Å². The maximum atomic E-state index is 13.0. The van der Waals surface area contributed by atoms with Gasteiger partial charge in [0.05, 0.1) is 19.1 Å². The molecule has 0 spiro atoms. The monoisotopic (exact) mass is 242 g/mol. The second-order valence-corrected chi connectivity index (χ2v) is 3.57. The fourth-order valence-electron chi connectivity index (χ4n) is 1.52. The molecule has 1 rings (SSSR count). The van der Waals surface area contributed by atoms with Crippen molar-refractivity contribution in [3.63, 3.8) is 0 Å². The largest absolute Gasteiger partial charge is 0.481 e. The van der Waals surface area contributed by atoms with Crippen molar-refractivity contribution in [3.8, 4) is 0 Å². The lowest BCUT2D eigenvalue weighted by atomic mass is 9.96. The lowest BCUT2D eigenvalue weighted by molar-refractivity contribution is -0.139. The number of carboxylic acid groups (broad SMARTS) is 1. The molecule has 0 aromatic heterocycles. The summed E-state index contributed by atoms with van der Waals surface area (Å²) in [6, 6.07) is 5.54. The number of hydrogen-bond donors (Lipinski definition) is 2. The topological polar surface area (TPSA) is 66.8 Å². The van der Waals surface area contributed by atoms with Crippen LogP contribution in [0.4, 0.5) is 4.39 Å². The molecule has 0 fully saturated rings. The van der Waals surface area contributed by atoms with Gasteiger partial charge in [0.1, 0.15) is 5.82 Å². The SMILES string of the molecule is O=C(O)C(CCOCCO)c1cccc(F)c1. The van der Waals surface area contributed by atoms with Gasteiger partial charge in [-0.05, 0) is 24.1 Å². The van der Waals surface area contributed by atoms with Crippen molar-refractivity contribution in [2.45, 2.75) is 12.3 Å². The number of aliphatic hydroxyl groups excluding tert-OH is 1. The Morgan fingerprint density at radius 2 is 2.18 bits per heavy atom. The maximum absolute atomic E-state index is 13.0. The molecule has 0 amide bonds. The number of aliphatic hydroxyl groups is 1. The normalized spacial score (nSPS) is 12.4. The van der Waals surface area contributed by atoms with E-state index in [9.17, 15) is 9.18 Å². The Bertz CT molecular complexity index is 367. The van der Waals surface area contributed by atoms with Gasteiger partial charge in [-0.3, -0.25) is 4.79 Å². The minimum Gasteiger partial charge on any atom is -0.481 e. The minimum atomic E-state index is -1.01. The third kappa shape index (κ3) is 4.50. The number of ether oxygens (including phenoxy) is 1. The van der Waals surface area contributed by atoms with Crippen LogP contribution in [-0.2, 0) is 9.53 Å². The highest BCUT2D eigenvalue weighted by molar-refractivity contribution is 5.76. The van der Waals surface area contributed by atoms with Gasteiger partial charge in [-0.15, -0.1) is 0 Å². The predicted molar refractivity (Wildman–Crippen MR) is 59.3 cm³/mol. The quantitative estimate of drug-likeness (QED) is 0.709. The molecule has 1 aromatic rings. The molecule has 2 N–H and O–H groups in total. The van der Waals surface area contributed by atoms with Crippen molar-refractivity contribution in [2.75, 3.05) is 19.8 Å². The Morgan fingerprint density at radius 1 is 1.41 bits per heavy atom. The minimum absolute atomic E-state index is 0.0995. The van der Waals surface area contributed by atoms with E-state index in [0.717, 1.165) is 0 Å². The van der Waals surface area contributed by atoms with E-state index in [1.165, 1.54) is 18.2 Å². The van der Waals surface area contributed by atoms with Crippen LogP contribution in [0.2, 0.25) is 0 Å². The van der Waals surface area contributed by atoms with Crippen LogP contribution in [-0.4, -0.2) is 36.0 Å². The van der Waals surface area contributed by atoms with E-state index in [-0.39, 0.29) is 26.2 Å². The molecule has 0 aliphatic heterocycles. The summed E-state index contributed by atoms with van der Waals surface area (Å²) in [6.45, 7) is 0.293. The smallest absolute Gasteiger partial charge is 0.311 e. The number of hydrogen-bond acceptors (Lipinski definition) is 3. The van der Waals surface area contributed by atoms with E-state index < -0.39 is 17.7 Å². The number of rotatable bonds is 7. The average Bonchev–Trinajstić information content (AvgIpc) is 2.28. The van der Waals surface area contributed by atoms with Gasteiger partial charge in [0.25, 0.3) is 0 Å². The number of benzene rings is 1. The summed E-state index contributed by atoms with van der Waals surface area (Å²) in [5.74, 6) is -2.25. The first-order chi connectivity index (χ1) is 8.15. The molecule has 1 unspecified atom stereocenters. The molecule has 0 aliphatic rings. The molecule has 0 bridgehead atoms. The molecule has 1 atom stereocenters. The molecule has 94 valence electrons. The molecule has 0 saturated heterocycles. The summed E-state index contributed by atoms with van der Waals surface area (Å²) in [4.78, 5) is 11.0. The first kappa shape index (κ1) is 13.6. The van der Waals surface area contributed by atoms with Gasteiger partial charge in [0.2, 0.25) is 0 Å². The second-order valence-electron chi connectivity index (χ2n) is 3.57. The molecule has 0 saturated carbocycles. The fourth-order valence-corrected chi connectivity index (χ4v) is 1.52. The second kappa shape index (κ2) is 6.98. The lowest BCUT2D eigenvalue weighted by Gasteiger charge is -2.12. The highest BCUT2D eigenvalue weighted by Crippen LogP contribution is 2.20. The van der Waals surface area contributed by atoms with Crippen molar-refractivity contribution < 1.29 is 24.1 Å². The van der Waals surface area contributed by atoms with Crippen LogP contribution in [0.3, 0.4) is 0 Å². The molecular formula is C12H15FO4. The van der Waals surface area contributed by atoms with E-state index in [2.05, 4.69) is 0 Å². The molecule has 4 nitrogen and oxygen atoms in total. The van der Waals surface area contributed by atoms with Crippen LogP contribution >= 0.6 is 0 Å². The third-order valence-electron chi connectivity index (χ3n) is 2.34. The molecular weight excluding hydrogens is 227 g/mol. The van der Waals surface area contributed by atoms with E-state index in [1.807, 2.05) is 0 Å². The van der Waals surface area contributed by atoms with Crippen LogP contribution in [0.1, 0.15) is 17.9 Å². The van der Waals surface area contributed by atoms with Gasteiger partial charge in [-0.1, -0.05) is 12.1 Å². The molecule has 17 heavy (non-hydrogen) atoms. The van der Waals surface area contributed by atoms with Crippen LogP contribution in [0.25, 0.3) is 0 Å². The van der Waals surface area contributed by atoms with E-state index in [0.29, 0.717) is 5.56 Å². The number of aliphatic carboxylic acids is 1. The van der Waals surface area contributed by atoms with Crippen LogP contribution in [0.15, 0.2) is 24.3 Å². The van der Waals surface area contributed by atoms with Crippen molar-refractivity contribution >= 4 is 5.97 Å². The molecule has 5 heteroatoms. The molecule has 0 aliphatic carbocycles. The van der Waals surface area contributed by atoms with Gasteiger partial charge in [0.15, 0.2) is 0 Å². The standard InChI is InChI=1S/C12H15FO4/c13-10-3-1-2-9(8-10)11(12(15)16)4-6-17-7-5-14/h1-3,8,11,14H,4-7H2,(H,15,16). The summed E-state index contributed by atoms with van der Waals surface area (Å²) >= 11 is 0. The van der Waals surface area contributed by atoms with Crippen molar-refractivity contribution in [1.82, 2.24) is 0 Å². The summed E-state index contributed by atoms with van der Waals surface area (Å²) < 4.78 is 18.0. The van der Waals surface area contributed by atoms with E-state index in [1.54, 1.807) is 6.07 Å². The Balaban J connectivity index is 2.63. The fraction of sp³-hybridized carbons (Fsp3) is 0.417. The van der Waals surface area contributed by atoms with Gasteiger partial charge in [-0.25, -0.2) is 4.39 Å². The Kier molecular flexibility index (Phi) is 5.59. The van der Waals surface area contributed by atoms with Gasteiger partial charge in [-0.2, -0.15) is 0 Å². The zero-order valence-corrected chi connectivity index (χ0v) is 9.30. The van der Waals surface area contributed by atoms with E-state index in [4.69, 9.17) is 14.9 Å². The summed E-state index contributed by atoms with van der Waals surface area (Å²) in [7, 11) is 0. The number of carbonyl (C=O) groups is 1. The molecule has 1 aromatic carbocycles. The number of carboxylic acids is 1. The highest BCUT2D eigenvalue weighted by Gasteiger charge is 2.19. The Morgan fingerprint density at radius 3 is 2.76 bits per heavy atom. The summed E-state index contributed by atoms with van der Waals surface area (Å²) in [5, 5.41) is 17.5. The van der Waals surface area contributed by atoms with Gasteiger partial charge in [0, 0.05) is 6.61 Å². The van der Waals surface area contributed by atoms with E-state index >= 15 is 0 Å². The Labute approximate surface area is 98.7 Å². The van der Waals surface area contributed by atoms with Crippen molar-refractivity contribution in [1.29, 1.82) is 0 Å². The Hall–Kier alpha value is -1.46. The maximum Gasteiger partial charge on any atom is 0.311 e. The molecule has 0 radical (unpaired) electrons. The van der Waals surface area contributed by atoms with Crippen molar-refractivity contribution in [3.05, 3.63) is 35.6 Å².